The van der Waals surface area contributed by atoms with Crippen molar-refractivity contribution in [1.82, 2.24) is 25.4 Å². The van der Waals surface area contributed by atoms with Gasteiger partial charge in [-0.3, -0.25) is 4.79 Å². The fourth-order valence-electron chi connectivity index (χ4n) is 2.18. The minimum absolute atomic E-state index is 0.00189. The molecule has 0 bridgehead atoms. The van der Waals surface area contributed by atoms with Crippen molar-refractivity contribution in [3.63, 3.8) is 0 Å². The molecular formula is C17H23N5O4. The second-order valence-corrected chi connectivity index (χ2v) is 7.14. The van der Waals surface area contributed by atoms with Gasteiger partial charge >= 0.3 is 5.97 Å². The van der Waals surface area contributed by atoms with Gasteiger partial charge in [-0.25, -0.2) is 14.8 Å². The third kappa shape index (κ3) is 6.23. The summed E-state index contributed by atoms with van der Waals surface area (Å²) in [6.07, 6.45) is 4.45. The van der Waals surface area contributed by atoms with Crippen LogP contribution in [-0.2, 0) is 16.0 Å². The second-order valence-electron chi connectivity index (χ2n) is 7.14. The molecule has 0 saturated heterocycles. The van der Waals surface area contributed by atoms with Crippen LogP contribution in [0, 0.1) is 5.41 Å². The predicted octanol–water partition coefficient (Wildman–Crippen LogP) is 1.85. The summed E-state index contributed by atoms with van der Waals surface area (Å²) in [6, 6.07) is 0.769. The van der Waals surface area contributed by atoms with Gasteiger partial charge in [0.15, 0.2) is 0 Å². The highest BCUT2D eigenvalue weighted by molar-refractivity contribution is 5.83. The summed E-state index contributed by atoms with van der Waals surface area (Å²) < 4.78 is 5.08. The standard InChI is InChI=1S/C17H23N5O4/c1-17(2,3)8-7-11(16(24)25)20-12(23)5-6-13-21-15(22-26-13)14-18-9-4-10-19-14/h4,9-11H,5-8H2,1-3H3,(H,20,23)(H,24,25). The van der Waals surface area contributed by atoms with E-state index in [0.717, 1.165) is 0 Å². The van der Waals surface area contributed by atoms with Crippen LogP contribution in [0.3, 0.4) is 0 Å². The van der Waals surface area contributed by atoms with E-state index in [2.05, 4.69) is 25.4 Å². The van der Waals surface area contributed by atoms with Gasteiger partial charge in [-0.05, 0) is 24.3 Å². The molecule has 26 heavy (non-hydrogen) atoms. The van der Waals surface area contributed by atoms with Crippen LogP contribution in [0.4, 0.5) is 0 Å². The number of aliphatic carboxylic acids is 1. The number of nitrogens with zero attached hydrogens (tertiary/aromatic N) is 4. The molecule has 2 heterocycles. The van der Waals surface area contributed by atoms with Gasteiger partial charge in [0.25, 0.3) is 0 Å². The van der Waals surface area contributed by atoms with Crippen LogP contribution in [0.25, 0.3) is 11.6 Å². The SMILES string of the molecule is CC(C)(C)CCC(NC(=O)CCc1nc(-c2ncccn2)no1)C(=O)O. The van der Waals surface area contributed by atoms with Crippen molar-refractivity contribution in [2.45, 2.75) is 52.5 Å². The van der Waals surface area contributed by atoms with Gasteiger partial charge < -0.3 is 14.9 Å². The largest absolute Gasteiger partial charge is 0.480 e. The molecule has 0 aliphatic rings. The van der Waals surface area contributed by atoms with Crippen LogP contribution >= 0.6 is 0 Å². The zero-order valence-electron chi connectivity index (χ0n) is 15.1. The Balaban J connectivity index is 1.86. The maximum atomic E-state index is 12.0. The summed E-state index contributed by atoms with van der Waals surface area (Å²) in [7, 11) is 0. The Hall–Kier alpha value is -2.84. The van der Waals surface area contributed by atoms with E-state index in [-0.39, 0.29) is 35.9 Å². The van der Waals surface area contributed by atoms with Crippen molar-refractivity contribution in [2.75, 3.05) is 0 Å². The topological polar surface area (TPSA) is 131 Å². The first kappa shape index (κ1) is 19.5. The van der Waals surface area contributed by atoms with Gasteiger partial charge in [-0.2, -0.15) is 4.98 Å². The fourth-order valence-corrected chi connectivity index (χ4v) is 2.18. The van der Waals surface area contributed by atoms with Crippen LogP contribution in [0.15, 0.2) is 23.0 Å². The van der Waals surface area contributed by atoms with E-state index < -0.39 is 12.0 Å². The summed E-state index contributed by atoms with van der Waals surface area (Å²) in [5.41, 5.74) is -0.00189. The molecule has 1 atom stereocenters. The number of hydrogen-bond donors (Lipinski definition) is 2. The van der Waals surface area contributed by atoms with Gasteiger partial charge in [0.05, 0.1) is 0 Å². The van der Waals surface area contributed by atoms with Crippen molar-refractivity contribution >= 4 is 11.9 Å². The molecule has 0 aliphatic carbocycles. The Labute approximate surface area is 151 Å². The van der Waals surface area contributed by atoms with Gasteiger partial charge in [-0.15, -0.1) is 0 Å². The quantitative estimate of drug-likeness (QED) is 0.728. The molecule has 2 N–H and O–H groups in total. The first-order valence-corrected chi connectivity index (χ1v) is 8.37. The lowest BCUT2D eigenvalue weighted by atomic mass is 9.88. The van der Waals surface area contributed by atoms with Crippen molar-refractivity contribution in [3.8, 4) is 11.6 Å². The van der Waals surface area contributed by atoms with Crippen molar-refractivity contribution < 1.29 is 19.2 Å². The van der Waals surface area contributed by atoms with Crippen molar-refractivity contribution in [2.24, 2.45) is 5.41 Å². The molecule has 0 aliphatic heterocycles. The predicted molar refractivity (Wildman–Crippen MR) is 91.9 cm³/mol. The van der Waals surface area contributed by atoms with Gasteiger partial charge in [0.1, 0.15) is 6.04 Å². The Kier molecular flexibility index (Phi) is 6.37. The van der Waals surface area contributed by atoms with Gasteiger partial charge in [0.2, 0.25) is 23.4 Å². The Morgan fingerprint density at radius 1 is 1.23 bits per heavy atom. The fraction of sp³-hybridized carbons (Fsp3) is 0.529. The summed E-state index contributed by atoms with van der Waals surface area (Å²) in [6.45, 7) is 6.08. The average Bonchev–Trinajstić information content (AvgIpc) is 3.05. The van der Waals surface area contributed by atoms with E-state index in [1.54, 1.807) is 18.5 Å². The first-order chi connectivity index (χ1) is 12.2. The number of amides is 1. The zero-order chi connectivity index (χ0) is 19.2. The molecule has 2 aromatic heterocycles. The number of carboxylic acids is 1. The Morgan fingerprint density at radius 3 is 2.54 bits per heavy atom. The lowest BCUT2D eigenvalue weighted by molar-refractivity contribution is -0.142. The number of carbonyl (C=O) groups is 2. The van der Waals surface area contributed by atoms with E-state index in [9.17, 15) is 14.7 Å². The normalized spacial score (nSPS) is 12.6. The molecule has 9 heteroatoms. The van der Waals surface area contributed by atoms with Crippen molar-refractivity contribution in [3.05, 3.63) is 24.4 Å². The molecule has 2 aromatic rings. The van der Waals surface area contributed by atoms with Crippen LogP contribution in [-0.4, -0.2) is 43.1 Å². The maximum absolute atomic E-state index is 12.0. The molecule has 0 fully saturated rings. The molecular weight excluding hydrogens is 338 g/mol. The molecule has 0 aromatic carbocycles. The minimum atomic E-state index is -1.04. The molecule has 2 rings (SSSR count). The number of hydrogen-bond acceptors (Lipinski definition) is 7. The molecule has 1 unspecified atom stereocenters. The molecule has 1 amide bonds. The highest BCUT2D eigenvalue weighted by atomic mass is 16.5. The number of aryl methyl sites for hydroxylation is 1. The van der Waals surface area contributed by atoms with E-state index >= 15 is 0 Å². The lowest BCUT2D eigenvalue weighted by Gasteiger charge is -2.21. The number of carbonyl (C=O) groups excluding carboxylic acids is 1. The minimum Gasteiger partial charge on any atom is -0.480 e. The van der Waals surface area contributed by atoms with Crippen LogP contribution in [0.5, 0.6) is 0 Å². The summed E-state index contributed by atoms with van der Waals surface area (Å²) in [4.78, 5) is 35.5. The highest BCUT2D eigenvalue weighted by Crippen LogP contribution is 2.21. The first-order valence-electron chi connectivity index (χ1n) is 8.37. The van der Waals surface area contributed by atoms with Crippen LogP contribution in [0.1, 0.15) is 45.9 Å². The van der Waals surface area contributed by atoms with Crippen LogP contribution in [0.2, 0.25) is 0 Å². The summed E-state index contributed by atoms with van der Waals surface area (Å²) >= 11 is 0. The molecule has 9 nitrogen and oxygen atoms in total. The average molecular weight is 361 g/mol. The third-order valence-electron chi connectivity index (χ3n) is 3.62. The Morgan fingerprint density at radius 2 is 1.92 bits per heavy atom. The van der Waals surface area contributed by atoms with E-state index in [1.165, 1.54) is 0 Å². The highest BCUT2D eigenvalue weighted by Gasteiger charge is 2.23. The van der Waals surface area contributed by atoms with Gasteiger partial charge in [-0.1, -0.05) is 25.9 Å². The number of rotatable bonds is 8. The zero-order valence-corrected chi connectivity index (χ0v) is 15.1. The summed E-state index contributed by atoms with van der Waals surface area (Å²) in [5.74, 6) is -0.565. The van der Waals surface area contributed by atoms with E-state index in [1.807, 2.05) is 20.8 Å². The second kappa shape index (κ2) is 8.50. The molecule has 0 radical (unpaired) electrons. The number of aromatic nitrogens is 4. The molecule has 0 saturated carbocycles. The maximum Gasteiger partial charge on any atom is 0.326 e. The molecule has 0 spiro atoms. The van der Waals surface area contributed by atoms with Crippen LogP contribution < -0.4 is 5.32 Å². The number of nitrogens with one attached hydrogen (secondary N) is 1. The lowest BCUT2D eigenvalue weighted by Crippen LogP contribution is -2.41. The van der Waals surface area contributed by atoms with Crippen molar-refractivity contribution in [1.29, 1.82) is 0 Å². The van der Waals surface area contributed by atoms with E-state index in [4.69, 9.17) is 4.52 Å². The van der Waals surface area contributed by atoms with Gasteiger partial charge in [0, 0.05) is 25.2 Å². The third-order valence-corrected chi connectivity index (χ3v) is 3.62. The number of carboxylic acid groups (broad SMARTS) is 1. The van der Waals surface area contributed by atoms with E-state index in [0.29, 0.717) is 18.7 Å². The monoisotopic (exact) mass is 361 g/mol. The Bertz CT molecular complexity index is 739. The molecule has 140 valence electrons. The smallest absolute Gasteiger partial charge is 0.326 e. The summed E-state index contributed by atoms with van der Waals surface area (Å²) in [5, 5.41) is 15.6.